The quantitative estimate of drug-likeness (QED) is 0.162. The molecule has 0 saturated carbocycles. The number of nitrogens with zero attached hydrogens (tertiary/aromatic N) is 1. The van der Waals surface area contributed by atoms with Crippen molar-refractivity contribution in [3.63, 3.8) is 0 Å². The molecular formula is C26H48ClNO2SSi2. The molecule has 0 aromatic carbocycles. The zero-order valence-corrected chi connectivity index (χ0v) is 26.8. The molecule has 0 bridgehead atoms. The molecule has 0 N–H and O–H groups in total. The van der Waals surface area contributed by atoms with Crippen LogP contribution in [0, 0.1) is 6.92 Å². The Bertz CT molecular complexity index is 817. The number of hydrogen-bond acceptors (Lipinski definition) is 4. The van der Waals surface area contributed by atoms with Gasteiger partial charge in [-0.15, -0.1) is 22.9 Å². The van der Waals surface area contributed by atoms with Crippen LogP contribution in [0.15, 0.2) is 22.6 Å². The average molecular weight is 530 g/mol. The first-order chi connectivity index (χ1) is 14.9. The second-order valence-corrected chi connectivity index (χ2v) is 23.0. The lowest BCUT2D eigenvalue weighted by Crippen LogP contribution is -2.44. The van der Waals surface area contributed by atoms with Gasteiger partial charge in [-0.1, -0.05) is 53.2 Å². The Kier molecular flexibility index (Phi) is 11.3. The number of thiazole rings is 1. The Balaban J connectivity index is 3.02. The van der Waals surface area contributed by atoms with Gasteiger partial charge in [-0.3, -0.25) is 0 Å². The van der Waals surface area contributed by atoms with Crippen molar-refractivity contribution < 1.29 is 8.85 Å². The first kappa shape index (κ1) is 30.8. The molecule has 0 aliphatic rings. The van der Waals surface area contributed by atoms with Gasteiger partial charge in [0.25, 0.3) is 0 Å². The molecule has 0 amide bonds. The fourth-order valence-electron chi connectivity index (χ4n) is 2.78. The second-order valence-electron chi connectivity index (χ2n) is 12.1. The Hall–Kier alpha value is -0.246. The van der Waals surface area contributed by atoms with Crippen LogP contribution < -0.4 is 0 Å². The highest BCUT2D eigenvalue weighted by molar-refractivity contribution is 7.09. The molecule has 7 heteroatoms. The lowest BCUT2D eigenvalue weighted by molar-refractivity contribution is 0.217. The van der Waals surface area contributed by atoms with Gasteiger partial charge in [0, 0.05) is 17.9 Å². The summed E-state index contributed by atoms with van der Waals surface area (Å²) in [4.78, 5) is 4.62. The van der Waals surface area contributed by atoms with Crippen molar-refractivity contribution in [1.82, 2.24) is 4.98 Å². The second kappa shape index (κ2) is 12.1. The number of alkyl halides is 1. The molecule has 3 nitrogen and oxygen atoms in total. The van der Waals surface area contributed by atoms with Gasteiger partial charge in [0.1, 0.15) is 0 Å². The Morgan fingerprint density at radius 2 is 1.67 bits per heavy atom. The number of rotatable bonds is 11. The highest BCUT2D eigenvalue weighted by atomic mass is 35.5. The molecule has 0 aliphatic carbocycles. The van der Waals surface area contributed by atoms with E-state index in [9.17, 15) is 0 Å². The van der Waals surface area contributed by atoms with Crippen LogP contribution in [0.2, 0.25) is 36.3 Å². The fraction of sp³-hybridized carbons (Fsp3) is 0.731. The van der Waals surface area contributed by atoms with E-state index in [-0.39, 0.29) is 16.2 Å². The molecule has 0 spiro atoms. The third kappa shape index (κ3) is 9.73. The zero-order chi connectivity index (χ0) is 25.7. The normalized spacial score (nSPS) is 15.8. The molecule has 0 aliphatic heterocycles. The smallest absolute Gasteiger partial charge is 0.192 e. The van der Waals surface area contributed by atoms with Gasteiger partial charge in [0.15, 0.2) is 16.6 Å². The van der Waals surface area contributed by atoms with E-state index < -0.39 is 16.6 Å². The predicted molar refractivity (Wildman–Crippen MR) is 154 cm³/mol. The summed E-state index contributed by atoms with van der Waals surface area (Å²) in [5, 5.41) is 3.57. The molecule has 1 aromatic heterocycles. The Morgan fingerprint density at radius 1 is 1.09 bits per heavy atom. The van der Waals surface area contributed by atoms with E-state index >= 15 is 0 Å². The van der Waals surface area contributed by atoms with Crippen LogP contribution in [0.5, 0.6) is 0 Å². The summed E-state index contributed by atoms with van der Waals surface area (Å²) in [6, 6.07) is 0. The van der Waals surface area contributed by atoms with E-state index in [1.165, 1.54) is 11.1 Å². The van der Waals surface area contributed by atoms with E-state index in [2.05, 4.69) is 97.2 Å². The largest absolute Gasteiger partial charge is 0.417 e. The summed E-state index contributed by atoms with van der Waals surface area (Å²) in [6.45, 7) is 27.9. The summed E-state index contributed by atoms with van der Waals surface area (Å²) in [5.41, 5.74) is 3.47. The van der Waals surface area contributed by atoms with Crippen LogP contribution in [0.1, 0.15) is 72.0 Å². The standard InChI is InChI=1S/C26H48ClNO2SSi2/c1-20(17-23-19-31-21(2)28-23)24(30-33(11,12)26(6,7)8)14-13-22(18-27)15-16-29-32(9,10)25(3,4)5/h13,17,19,24H,14-16,18H2,1-12H3/b20-17+,22-13+/t24-/m0/s1. The first-order valence-electron chi connectivity index (χ1n) is 12.1. The maximum atomic E-state index is 6.88. The SMILES string of the molecule is C/C(=C\c1csc(C)n1)[C@H](C/C=C(/CCl)CCO[Si](C)(C)C(C)(C)C)O[Si](C)(C)C(C)(C)C. The maximum absolute atomic E-state index is 6.88. The van der Waals surface area contributed by atoms with Crippen molar-refractivity contribution in [3.05, 3.63) is 33.3 Å². The van der Waals surface area contributed by atoms with Crippen LogP contribution in [0.4, 0.5) is 0 Å². The maximum Gasteiger partial charge on any atom is 0.192 e. The van der Waals surface area contributed by atoms with Crippen LogP contribution in [-0.4, -0.2) is 40.2 Å². The average Bonchev–Trinajstić information content (AvgIpc) is 3.05. The van der Waals surface area contributed by atoms with Gasteiger partial charge >= 0.3 is 0 Å². The van der Waals surface area contributed by atoms with Gasteiger partial charge in [0.2, 0.25) is 0 Å². The van der Waals surface area contributed by atoms with Gasteiger partial charge in [0.05, 0.1) is 16.8 Å². The van der Waals surface area contributed by atoms with E-state index in [0.717, 1.165) is 30.2 Å². The Labute approximate surface area is 215 Å². The Morgan fingerprint density at radius 3 is 2.12 bits per heavy atom. The molecule has 1 rings (SSSR count). The van der Waals surface area contributed by atoms with Gasteiger partial charge < -0.3 is 8.85 Å². The van der Waals surface area contributed by atoms with E-state index in [1.54, 1.807) is 11.3 Å². The molecule has 1 aromatic rings. The third-order valence-electron chi connectivity index (χ3n) is 7.25. The summed E-state index contributed by atoms with van der Waals surface area (Å²) in [5.74, 6) is 0.529. The molecule has 1 heterocycles. The highest BCUT2D eigenvalue weighted by Crippen LogP contribution is 2.39. The monoisotopic (exact) mass is 529 g/mol. The molecule has 0 fully saturated rings. The van der Waals surface area contributed by atoms with E-state index in [4.69, 9.17) is 20.5 Å². The van der Waals surface area contributed by atoms with Gasteiger partial charge in [-0.2, -0.15) is 0 Å². The fourth-order valence-corrected chi connectivity index (χ4v) is 5.99. The van der Waals surface area contributed by atoms with Crippen molar-refractivity contribution in [1.29, 1.82) is 0 Å². The van der Waals surface area contributed by atoms with Crippen molar-refractivity contribution in [2.75, 3.05) is 12.5 Å². The topological polar surface area (TPSA) is 31.4 Å². The highest BCUT2D eigenvalue weighted by Gasteiger charge is 2.39. The van der Waals surface area contributed by atoms with Crippen LogP contribution in [-0.2, 0) is 8.85 Å². The van der Waals surface area contributed by atoms with Crippen LogP contribution in [0.3, 0.4) is 0 Å². The van der Waals surface area contributed by atoms with Crippen LogP contribution >= 0.6 is 22.9 Å². The van der Waals surface area contributed by atoms with Crippen molar-refractivity contribution in [2.45, 2.75) is 111 Å². The molecular weight excluding hydrogens is 482 g/mol. The molecule has 33 heavy (non-hydrogen) atoms. The number of halogens is 1. The minimum atomic E-state index is -1.94. The van der Waals surface area contributed by atoms with Crippen molar-refractivity contribution in [3.8, 4) is 0 Å². The lowest BCUT2D eigenvalue weighted by Gasteiger charge is -2.39. The summed E-state index contributed by atoms with van der Waals surface area (Å²) in [6.07, 6.45) is 6.17. The van der Waals surface area contributed by atoms with Crippen molar-refractivity contribution >= 4 is 45.6 Å². The van der Waals surface area contributed by atoms with E-state index in [0.29, 0.717) is 5.88 Å². The molecule has 1 atom stereocenters. The van der Waals surface area contributed by atoms with Gasteiger partial charge in [-0.25, -0.2) is 4.98 Å². The summed E-state index contributed by atoms with van der Waals surface area (Å²) < 4.78 is 13.3. The minimum absolute atomic E-state index is 0.0208. The van der Waals surface area contributed by atoms with Crippen LogP contribution in [0.25, 0.3) is 6.08 Å². The lowest BCUT2D eigenvalue weighted by atomic mass is 10.0. The predicted octanol–water partition coefficient (Wildman–Crippen LogP) is 9.21. The van der Waals surface area contributed by atoms with Crippen molar-refractivity contribution in [2.24, 2.45) is 0 Å². The first-order valence-corrected chi connectivity index (χ1v) is 19.3. The summed E-state index contributed by atoms with van der Waals surface area (Å²) in [7, 11) is -3.68. The zero-order valence-electron chi connectivity index (χ0n) is 23.2. The molecule has 190 valence electrons. The minimum Gasteiger partial charge on any atom is -0.417 e. The molecule has 0 radical (unpaired) electrons. The number of hydrogen-bond donors (Lipinski definition) is 0. The third-order valence-corrected chi connectivity index (χ3v) is 17.4. The molecule has 0 unspecified atom stereocenters. The number of aryl methyl sites for hydroxylation is 1. The van der Waals surface area contributed by atoms with E-state index in [1.807, 2.05) is 6.92 Å². The molecule has 0 saturated heterocycles. The summed E-state index contributed by atoms with van der Waals surface area (Å²) >= 11 is 8.02. The number of aromatic nitrogens is 1. The van der Waals surface area contributed by atoms with Gasteiger partial charge in [-0.05, 0) is 74.6 Å².